The normalized spacial score (nSPS) is 11.3. The van der Waals surface area contributed by atoms with Crippen molar-refractivity contribution in [2.45, 2.75) is 13.8 Å². The third kappa shape index (κ3) is 3.46. The van der Waals surface area contributed by atoms with Gasteiger partial charge in [0, 0.05) is 6.08 Å². The third-order valence-electron chi connectivity index (χ3n) is 3.61. The number of carbonyl (C=O) groups is 1. The Hall–Kier alpha value is -2.53. The van der Waals surface area contributed by atoms with Gasteiger partial charge in [-0.2, -0.15) is 0 Å². The van der Waals surface area contributed by atoms with E-state index in [0.717, 1.165) is 21.3 Å². The van der Waals surface area contributed by atoms with Crippen LogP contribution in [0, 0.1) is 19.7 Å². The van der Waals surface area contributed by atoms with Crippen LogP contribution >= 0.6 is 11.3 Å². The van der Waals surface area contributed by atoms with E-state index >= 15 is 0 Å². The van der Waals surface area contributed by atoms with Crippen molar-refractivity contribution in [3.8, 4) is 0 Å². The minimum atomic E-state index is -0.299. The number of benzene rings is 2. The predicted molar refractivity (Wildman–Crippen MR) is 93.2 cm³/mol. The van der Waals surface area contributed by atoms with Gasteiger partial charge in [-0.15, -0.1) is 0 Å². The number of hydrogen-bond donors (Lipinski definition) is 1. The van der Waals surface area contributed by atoms with Crippen LogP contribution in [0.3, 0.4) is 0 Å². The van der Waals surface area contributed by atoms with Gasteiger partial charge in [0.05, 0.1) is 10.2 Å². The Labute approximate surface area is 137 Å². The number of nitrogens with zero attached hydrogens (tertiary/aromatic N) is 1. The first kappa shape index (κ1) is 15.4. The van der Waals surface area contributed by atoms with Crippen molar-refractivity contribution >= 4 is 38.7 Å². The van der Waals surface area contributed by atoms with Crippen LogP contribution in [0.4, 0.5) is 9.52 Å². The third-order valence-corrected chi connectivity index (χ3v) is 4.55. The molecule has 0 aliphatic rings. The fourth-order valence-electron chi connectivity index (χ4n) is 2.17. The van der Waals surface area contributed by atoms with Crippen molar-refractivity contribution in [2.24, 2.45) is 0 Å². The summed E-state index contributed by atoms with van der Waals surface area (Å²) in [6.45, 7) is 4.06. The first-order chi connectivity index (χ1) is 11.0. The molecule has 0 fully saturated rings. The van der Waals surface area contributed by atoms with Gasteiger partial charge in [-0.05, 0) is 54.8 Å². The number of anilines is 1. The fourth-order valence-corrected chi connectivity index (χ4v) is 3.10. The van der Waals surface area contributed by atoms with Crippen molar-refractivity contribution in [3.63, 3.8) is 0 Å². The minimum absolute atomic E-state index is 0.261. The summed E-state index contributed by atoms with van der Waals surface area (Å²) in [5.74, 6) is -0.561. The monoisotopic (exact) mass is 326 g/mol. The standard InChI is InChI=1S/C18H15FN2OS/c1-11-3-9-15-17(12(11)2)21-18(23-15)20-16(22)10-6-13-4-7-14(19)8-5-13/h3-10H,1-2H3,(H,20,21,22)/b10-6+. The second-order valence-corrected chi connectivity index (χ2v) is 6.28. The Morgan fingerprint density at radius 2 is 1.91 bits per heavy atom. The number of thiazole rings is 1. The number of aromatic nitrogens is 1. The molecule has 0 aliphatic heterocycles. The van der Waals surface area contributed by atoms with Gasteiger partial charge in [-0.3, -0.25) is 10.1 Å². The lowest BCUT2D eigenvalue weighted by molar-refractivity contribution is -0.111. The molecule has 0 radical (unpaired) electrons. The van der Waals surface area contributed by atoms with Gasteiger partial charge in [0.15, 0.2) is 5.13 Å². The zero-order valence-electron chi connectivity index (χ0n) is 12.8. The van der Waals surface area contributed by atoms with E-state index in [1.54, 1.807) is 18.2 Å². The smallest absolute Gasteiger partial charge is 0.250 e. The van der Waals surface area contributed by atoms with E-state index in [2.05, 4.69) is 16.4 Å². The highest BCUT2D eigenvalue weighted by Gasteiger charge is 2.09. The maximum atomic E-state index is 12.8. The van der Waals surface area contributed by atoms with Gasteiger partial charge in [0.2, 0.25) is 5.91 Å². The highest BCUT2D eigenvalue weighted by molar-refractivity contribution is 7.22. The average Bonchev–Trinajstić information content (AvgIpc) is 2.94. The van der Waals surface area contributed by atoms with Gasteiger partial charge >= 0.3 is 0 Å². The Morgan fingerprint density at radius 1 is 1.17 bits per heavy atom. The largest absolute Gasteiger partial charge is 0.298 e. The molecule has 23 heavy (non-hydrogen) atoms. The molecular formula is C18H15FN2OS. The molecule has 3 aromatic rings. The van der Waals surface area contributed by atoms with E-state index in [1.165, 1.54) is 35.1 Å². The highest BCUT2D eigenvalue weighted by atomic mass is 32.1. The second-order valence-electron chi connectivity index (χ2n) is 5.25. The average molecular weight is 326 g/mol. The molecule has 116 valence electrons. The molecule has 0 bridgehead atoms. The van der Waals surface area contributed by atoms with Crippen molar-refractivity contribution in [1.29, 1.82) is 0 Å². The molecule has 0 saturated carbocycles. The first-order valence-electron chi connectivity index (χ1n) is 7.14. The summed E-state index contributed by atoms with van der Waals surface area (Å²) in [4.78, 5) is 16.5. The van der Waals surface area contributed by atoms with Gasteiger partial charge in [0.25, 0.3) is 0 Å². The van der Waals surface area contributed by atoms with Gasteiger partial charge < -0.3 is 0 Å². The lowest BCUT2D eigenvalue weighted by Gasteiger charge is -1.98. The second kappa shape index (κ2) is 6.30. The number of nitrogens with one attached hydrogen (secondary N) is 1. The molecule has 1 aromatic heterocycles. The number of aryl methyl sites for hydroxylation is 2. The van der Waals surface area contributed by atoms with Crippen LogP contribution in [-0.2, 0) is 4.79 Å². The van der Waals surface area contributed by atoms with Crippen molar-refractivity contribution in [1.82, 2.24) is 4.98 Å². The number of hydrogen-bond acceptors (Lipinski definition) is 3. The maximum Gasteiger partial charge on any atom is 0.250 e. The summed E-state index contributed by atoms with van der Waals surface area (Å²) in [6.07, 6.45) is 3.05. The van der Waals surface area contributed by atoms with Crippen LogP contribution in [0.25, 0.3) is 16.3 Å². The fraction of sp³-hybridized carbons (Fsp3) is 0.111. The Morgan fingerprint density at radius 3 is 2.65 bits per heavy atom. The van der Waals surface area contributed by atoms with Crippen LogP contribution in [0.15, 0.2) is 42.5 Å². The van der Waals surface area contributed by atoms with Gasteiger partial charge in [0.1, 0.15) is 5.82 Å². The molecular weight excluding hydrogens is 311 g/mol. The summed E-state index contributed by atoms with van der Waals surface area (Å²) >= 11 is 1.45. The molecule has 1 N–H and O–H groups in total. The summed E-state index contributed by atoms with van der Waals surface area (Å²) in [6, 6.07) is 10.0. The van der Waals surface area contributed by atoms with Crippen molar-refractivity contribution < 1.29 is 9.18 Å². The van der Waals surface area contributed by atoms with E-state index in [4.69, 9.17) is 0 Å². The van der Waals surface area contributed by atoms with Crippen molar-refractivity contribution in [3.05, 3.63) is 65.0 Å². The van der Waals surface area contributed by atoms with Crippen LogP contribution in [0.5, 0.6) is 0 Å². The molecule has 3 rings (SSSR count). The zero-order valence-corrected chi connectivity index (χ0v) is 13.6. The number of amides is 1. The number of halogens is 1. The molecule has 0 unspecified atom stereocenters. The SMILES string of the molecule is Cc1ccc2sc(NC(=O)/C=C/c3ccc(F)cc3)nc2c1C. The summed E-state index contributed by atoms with van der Waals surface area (Å²) in [5.41, 5.74) is 3.99. The quantitative estimate of drug-likeness (QED) is 0.709. The maximum absolute atomic E-state index is 12.8. The number of fused-ring (bicyclic) bond motifs is 1. The van der Waals surface area contributed by atoms with Crippen LogP contribution < -0.4 is 5.32 Å². The van der Waals surface area contributed by atoms with E-state index in [1.807, 2.05) is 19.9 Å². The topological polar surface area (TPSA) is 42.0 Å². The summed E-state index contributed by atoms with van der Waals surface area (Å²) in [7, 11) is 0. The van der Waals surface area contributed by atoms with E-state index in [0.29, 0.717) is 5.13 Å². The molecule has 2 aromatic carbocycles. The van der Waals surface area contributed by atoms with E-state index < -0.39 is 0 Å². The van der Waals surface area contributed by atoms with Crippen LogP contribution in [0.1, 0.15) is 16.7 Å². The molecule has 0 spiro atoms. The first-order valence-corrected chi connectivity index (χ1v) is 7.96. The summed E-state index contributed by atoms with van der Waals surface area (Å²) < 4.78 is 13.9. The zero-order chi connectivity index (χ0) is 16.4. The van der Waals surface area contributed by atoms with Crippen LogP contribution in [0.2, 0.25) is 0 Å². The highest BCUT2D eigenvalue weighted by Crippen LogP contribution is 2.29. The Bertz CT molecular complexity index is 897. The van der Waals surface area contributed by atoms with Gasteiger partial charge in [-0.25, -0.2) is 9.37 Å². The van der Waals surface area contributed by atoms with E-state index in [9.17, 15) is 9.18 Å². The molecule has 1 amide bonds. The lowest BCUT2D eigenvalue weighted by atomic mass is 10.1. The molecule has 1 heterocycles. The molecule has 0 saturated heterocycles. The Balaban J connectivity index is 1.75. The molecule has 3 nitrogen and oxygen atoms in total. The molecule has 0 aliphatic carbocycles. The number of carbonyl (C=O) groups excluding carboxylic acids is 1. The molecule has 0 atom stereocenters. The molecule has 5 heteroatoms. The Kier molecular flexibility index (Phi) is 4.21. The predicted octanol–water partition coefficient (Wildman–Crippen LogP) is 4.70. The van der Waals surface area contributed by atoms with Crippen LogP contribution in [-0.4, -0.2) is 10.9 Å². The lowest BCUT2D eigenvalue weighted by Crippen LogP contribution is -2.07. The van der Waals surface area contributed by atoms with E-state index in [-0.39, 0.29) is 11.7 Å². The summed E-state index contributed by atoms with van der Waals surface area (Å²) in [5, 5.41) is 3.34. The minimum Gasteiger partial charge on any atom is -0.298 e. The van der Waals surface area contributed by atoms with Crippen molar-refractivity contribution in [2.75, 3.05) is 5.32 Å². The van der Waals surface area contributed by atoms with Gasteiger partial charge in [-0.1, -0.05) is 29.5 Å². The number of rotatable bonds is 3.